The molecule has 0 fully saturated rings. The number of anilines is 1. The summed E-state index contributed by atoms with van der Waals surface area (Å²) >= 11 is 0. The normalized spacial score (nSPS) is 11.7. The first-order valence-electron chi connectivity index (χ1n) is 8.09. The van der Waals surface area contributed by atoms with Crippen LogP contribution in [0.3, 0.4) is 0 Å². The molecule has 0 saturated heterocycles. The van der Waals surface area contributed by atoms with Crippen molar-refractivity contribution < 1.29 is 47.6 Å². The number of azo groups is 1. The molecule has 0 heterocycles. The number of aromatic hydroxyl groups is 1. The summed E-state index contributed by atoms with van der Waals surface area (Å²) in [5.41, 5.74) is 9.34. The standard InChI is InChI=1S/C19H19N3O4S.Na/c1-10-4-6-14(11(2)8-10)21-22-15-7-5-13-16(27(24,25)26)9-12(3)18(20)17(13)19(15)23;/h4-9,23H,20H2,1-3H3,(H,24,25,26);/q;+1/p-1. The van der Waals surface area contributed by atoms with Gasteiger partial charge in [0.05, 0.1) is 16.0 Å². The van der Waals surface area contributed by atoms with Crippen molar-refractivity contribution in [2.75, 3.05) is 5.73 Å². The monoisotopic (exact) mass is 407 g/mol. The van der Waals surface area contributed by atoms with Crippen molar-refractivity contribution in [2.45, 2.75) is 25.7 Å². The van der Waals surface area contributed by atoms with E-state index >= 15 is 0 Å². The summed E-state index contributed by atoms with van der Waals surface area (Å²) in [5, 5.41) is 19.0. The van der Waals surface area contributed by atoms with Crippen LogP contribution in [0.2, 0.25) is 0 Å². The first kappa shape index (κ1) is 22.3. The molecule has 0 aliphatic carbocycles. The maximum Gasteiger partial charge on any atom is 1.00 e. The zero-order valence-electron chi connectivity index (χ0n) is 16.0. The van der Waals surface area contributed by atoms with Crippen LogP contribution in [0, 0.1) is 20.8 Å². The first-order valence-corrected chi connectivity index (χ1v) is 9.50. The number of nitrogens with two attached hydrogens (primary N) is 1. The molecule has 3 rings (SSSR count). The molecule has 0 spiro atoms. The van der Waals surface area contributed by atoms with Crippen molar-refractivity contribution in [1.29, 1.82) is 0 Å². The summed E-state index contributed by atoms with van der Waals surface area (Å²) in [5.74, 6) is -0.327. The molecular weight excluding hydrogens is 389 g/mol. The molecule has 0 unspecified atom stereocenters. The third-order valence-corrected chi connectivity index (χ3v) is 5.23. The quantitative estimate of drug-likeness (QED) is 0.293. The molecule has 0 aliphatic rings. The van der Waals surface area contributed by atoms with Crippen molar-refractivity contribution in [3.63, 3.8) is 0 Å². The molecule has 140 valence electrons. The topological polar surface area (TPSA) is 128 Å². The van der Waals surface area contributed by atoms with Crippen LogP contribution in [0.15, 0.2) is 51.5 Å². The number of rotatable bonds is 3. The zero-order valence-corrected chi connectivity index (χ0v) is 18.8. The predicted octanol–water partition coefficient (Wildman–Crippen LogP) is 1.38. The molecule has 0 saturated carbocycles. The Hall–Kier alpha value is -1.97. The third kappa shape index (κ3) is 4.21. The van der Waals surface area contributed by atoms with Crippen molar-refractivity contribution >= 4 is 38.0 Å². The molecule has 3 aromatic carbocycles. The molecule has 3 aromatic rings. The van der Waals surface area contributed by atoms with Crippen molar-refractivity contribution in [2.24, 2.45) is 10.2 Å². The maximum absolute atomic E-state index is 11.6. The number of benzene rings is 3. The van der Waals surface area contributed by atoms with Gasteiger partial charge in [-0.1, -0.05) is 23.8 Å². The van der Waals surface area contributed by atoms with Crippen LogP contribution >= 0.6 is 0 Å². The number of nitrogen functional groups attached to an aromatic ring is 1. The largest absolute Gasteiger partial charge is 1.00 e. The molecule has 0 atom stereocenters. The summed E-state index contributed by atoms with van der Waals surface area (Å²) in [7, 11) is -4.73. The number of phenols is 1. The van der Waals surface area contributed by atoms with Gasteiger partial charge in [-0.2, -0.15) is 5.11 Å². The number of hydrogen-bond donors (Lipinski definition) is 2. The van der Waals surface area contributed by atoms with E-state index in [1.54, 1.807) is 6.92 Å². The smallest absolute Gasteiger partial charge is 0.744 e. The molecule has 3 N–H and O–H groups in total. The zero-order chi connectivity index (χ0) is 19.9. The maximum atomic E-state index is 11.6. The Morgan fingerprint density at radius 3 is 2.18 bits per heavy atom. The molecule has 0 aliphatic heterocycles. The molecular formula is C19H18N3NaO4S. The molecule has 0 aromatic heterocycles. The van der Waals surface area contributed by atoms with Crippen molar-refractivity contribution in [1.82, 2.24) is 0 Å². The summed E-state index contributed by atoms with van der Waals surface area (Å²) in [4.78, 5) is -0.433. The predicted molar refractivity (Wildman–Crippen MR) is 103 cm³/mol. The average Bonchev–Trinajstić information content (AvgIpc) is 2.57. The summed E-state index contributed by atoms with van der Waals surface area (Å²) < 4.78 is 34.7. The van der Waals surface area contributed by atoms with Crippen LogP contribution in [0.25, 0.3) is 10.8 Å². The number of aryl methyl sites for hydroxylation is 3. The SMILES string of the molecule is Cc1ccc(N=Nc2ccc3c(S(=O)(=O)[O-])cc(C)c(N)c3c2O)c(C)c1.[Na+]. The van der Waals surface area contributed by atoms with Gasteiger partial charge in [0, 0.05) is 11.1 Å². The third-order valence-electron chi connectivity index (χ3n) is 4.35. The van der Waals surface area contributed by atoms with E-state index < -0.39 is 15.0 Å². The van der Waals surface area contributed by atoms with Gasteiger partial charge in [0.1, 0.15) is 15.8 Å². The number of nitrogens with zero attached hydrogens (tertiary/aromatic N) is 2. The van der Waals surface area contributed by atoms with Gasteiger partial charge < -0.3 is 15.4 Å². The Bertz CT molecular complexity index is 1210. The van der Waals surface area contributed by atoms with Gasteiger partial charge in [-0.05, 0) is 50.1 Å². The Morgan fingerprint density at radius 1 is 0.964 bits per heavy atom. The fourth-order valence-corrected chi connectivity index (χ4v) is 3.68. The fourth-order valence-electron chi connectivity index (χ4n) is 2.92. The van der Waals surface area contributed by atoms with Crippen molar-refractivity contribution in [3.8, 4) is 5.75 Å². The molecule has 0 amide bonds. The number of phenolic OH excluding ortho intramolecular Hbond substituents is 1. The van der Waals surface area contributed by atoms with Gasteiger partial charge in [-0.25, -0.2) is 8.42 Å². The van der Waals surface area contributed by atoms with Gasteiger partial charge in [-0.3, -0.25) is 0 Å². The second-order valence-corrected chi connectivity index (χ2v) is 7.75. The molecule has 0 bridgehead atoms. The van der Waals surface area contributed by atoms with Gasteiger partial charge in [0.25, 0.3) is 0 Å². The first-order chi connectivity index (χ1) is 12.6. The number of hydrogen-bond acceptors (Lipinski definition) is 7. The summed E-state index contributed by atoms with van der Waals surface area (Å²) in [6, 6.07) is 9.67. The molecule has 9 heteroatoms. The molecule has 7 nitrogen and oxygen atoms in total. The minimum Gasteiger partial charge on any atom is -0.744 e. The van der Waals surface area contributed by atoms with E-state index in [0.717, 1.165) is 11.1 Å². The minimum absolute atomic E-state index is 0. The van der Waals surface area contributed by atoms with E-state index in [2.05, 4.69) is 10.2 Å². The molecule has 0 radical (unpaired) electrons. The Kier molecular flexibility index (Phi) is 6.52. The second-order valence-electron chi connectivity index (χ2n) is 6.41. The van der Waals surface area contributed by atoms with E-state index in [9.17, 15) is 18.1 Å². The van der Waals surface area contributed by atoms with E-state index in [1.807, 2.05) is 32.0 Å². The Labute approximate surface area is 185 Å². The van der Waals surface area contributed by atoms with Crippen LogP contribution in [-0.2, 0) is 10.1 Å². The van der Waals surface area contributed by atoms with Crippen LogP contribution in [-0.4, -0.2) is 18.1 Å². The Balaban J connectivity index is 0.00000280. The number of fused-ring (bicyclic) bond motifs is 1. The van der Waals surface area contributed by atoms with Crippen LogP contribution in [0.4, 0.5) is 17.1 Å². The fraction of sp³-hybridized carbons (Fsp3) is 0.158. The van der Waals surface area contributed by atoms with Crippen LogP contribution < -0.4 is 35.3 Å². The minimum atomic E-state index is -4.73. The van der Waals surface area contributed by atoms with E-state index in [0.29, 0.717) is 11.3 Å². The van der Waals surface area contributed by atoms with Gasteiger partial charge in [0.15, 0.2) is 5.75 Å². The second kappa shape index (κ2) is 8.18. The van der Waals surface area contributed by atoms with E-state index in [4.69, 9.17) is 5.73 Å². The van der Waals surface area contributed by atoms with Gasteiger partial charge in [-0.15, -0.1) is 5.11 Å². The molecule has 28 heavy (non-hydrogen) atoms. The van der Waals surface area contributed by atoms with Crippen molar-refractivity contribution in [3.05, 3.63) is 53.1 Å². The van der Waals surface area contributed by atoms with E-state index in [1.165, 1.54) is 18.2 Å². The Morgan fingerprint density at radius 2 is 1.57 bits per heavy atom. The average molecular weight is 407 g/mol. The van der Waals surface area contributed by atoms with Gasteiger partial charge in [0.2, 0.25) is 0 Å². The van der Waals surface area contributed by atoms with Crippen LogP contribution in [0.1, 0.15) is 16.7 Å². The van der Waals surface area contributed by atoms with E-state index in [-0.39, 0.29) is 57.5 Å². The van der Waals surface area contributed by atoms with Crippen LogP contribution in [0.5, 0.6) is 5.75 Å². The summed E-state index contributed by atoms with van der Waals surface area (Å²) in [6.07, 6.45) is 0. The van der Waals surface area contributed by atoms with Gasteiger partial charge >= 0.3 is 29.6 Å². The summed E-state index contributed by atoms with van der Waals surface area (Å²) in [6.45, 7) is 5.43.